The molecule has 0 bridgehead atoms. The zero-order valence-electron chi connectivity index (χ0n) is 21.3. The first-order chi connectivity index (χ1) is 16.8. The molecule has 0 aromatic carbocycles. The molecular weight excluding hydrogens is 428 g/mol. The van der Waals surface area contributed by atoms with Crippen LogP contribution in [0.5, 0.6) is 6.01 Å². The van der Waals surface area contributed by atoms with Crippen molar-refractivity contribution in [2.45, 2.75) is 71.6 Å². The quantitative estimate of drug-likeness (QED) is 0.473. The van der Waals surface area contributed by atoms with E-state index in [4.69, 9.17) is 19.6 Å². The molecule has 2 saturated carbocycles. The summed E-state index contributed by atoms with van der Waals surface area (Å²) in [6.45, 7) is 11.3. The molecule has 4 rings (SSSR count). The molecule has 2 heterocycles. The van der Waals surface area contributed by atoms with Crippen LogP contribution >= 0.6 is 0 Å². The standard InChI is InChI=1S/C26H44N6O2/c1-3-12-32(13-4-2)25-20-24(27-26(28-25)34-19-16-31-14-17-33-18-15-31)30-29-23-11-7-9-21-8-5-6-10-22(21)23/h20-22H,3-19H2,1-2H3,(H,27,28,30)/b29-23+/t21-,22+/m1/s1. The molecule has 3 aliphatic rings. The SMILES string of the molecule is CCCN(CCC)c1cc(N/N=C2\CCC[C@H]3CCCC[C@H]23)nc(OCCN2CCOCC2)n1. The van der Waals surface area contributed by atoms with Gasteiger partial charge in [-0.05, 0) is 50.9 Å². The van der Waals surface area contributed by atoms with Gasteiger partial charge in [0.2, 0.25) is 0 Å². The van der Waals surface area contributed by atoms with E-state index in [9.17, 15) is 0 Å². The van der Waals surface area contributed by atoms with E-state index in [1.54, 1.807) is 0 Å². The van der Waals surface area contributed by atoms with Gasteiger partial charge in [-0.25, -0.2) is 0 Å². The molecule has 1 saturated heterocycles. The van der Waals surface area contributed by atoms with Crippen molar-refractivity contribution in [1.82, 2.24) is 14.9 Å². The van der Waals surface area contributed by atoms with Crippen LogP contribution in [0, 0.1) is 11.8 Å². The van der Waals surface area contributed by atoms with Crippen molar-refractivity contribution in [2.75, 3.05) is 62.9 Å². The van der Waals surface area contributed by atoms with Gasteiger partial charge in [0.15, 0.2) is 5.82 Å². The van der Waals surface area contributed by atoms with Gasteiger partial charge in [0.05, 0.1) is 13.2 Å². The number of fused-ring (bicyclic) bond motifs is 1. The Hall–Kier alpha value is -1.93. The molecule has 34 heavy (non-hydrogen) atoms. The van der Waals surface area contributed by atoms with Crippen LogP contribution in [0.15, 0.2) is 11.2 Å². The molecule has 0 radical (unpaired) electrons. The smallest absolute Gasteiger partial charge is 0.320 e. The number of hydrogen-bond donors (Lipinski definition) is 1. The van der Waals surface area contributed by atoms with Crippen LogP contribution in [0.25, 0.3) is 0 Å². The maximum absolute atomic E-state index is 6.05. The third kappa shape index (κ3) is 7.04. The molecule has 0 amide bonds. The zero-order valence-corrected chi connectivity index (χ0v) is 21.3. The predicted octanol–water partition coefficient (Wildman–Crippen LogP) is 4.57. The number of hydrogen-bond acceptors (Lipinski definition) is 8. The van der Waals surface area contributed by atoms with Crippen LogP contribution in [0.3, 0.4) is 0 Å². The molecule has 1 aromatic heterocycles. The van der Waals surface area contributed by atoms with E-state index in [0.717, 1.165) is 82.8 Å². The van der Waals surface area contributed by atoms with Crippen molar-refractivity contribution < 1.29 is 9.47 Å². The first kappa shape index (κ1) is 25.2. The molecule has 190 valence electrons. The Morgan fingerprint density at radius 2 is 1.85 bits per heavy atom. The molecule has 1 N–H and O–H groups in total. The van der Waals surface area contributed by atoms with Crippen molar-refractivity contribution >= 4 is 17.3 Å². The van der Waals surface area contributed by atoms with Gasteiger partial charge >= 0.3 is 6.01 Å². The lowest BCUT2D eigenvalue weighted by Crippen LogP contribution is -2.38. The highest BCUT2D eigenvalue weighted by Crippen LogP contribution is 2.39. The lowest BCUT2D eigenvalue weighted by Gasteiger charge is -2.36. The average molecular weight is 473 g/mol. The van der Waals surface area contributed by atoms with Crippen LogP contribution in [-0.4, -0.2) is 73.1 Å². The summed E-state index contributed by atoms with van der Waals surface area (Å²) in [5, 5.41) is 4.91. The summed E-state index contributed by atoms with van der Waals surface area (Å²) in [7, 11) is 0. The van der Waals surface area contributed by atoms with Crippen molar-refractivity contribution in [3.8, 4) is 6.01 Å². The largest absolute Gasteiger partial charge is 0.462 e. The minimum Gasteiger partial charge on any atom is -0.462 e. The monoisotopic (exact) mass is 472 g/mol. The van der Waals surface area contributed by atoms with E-state index in [1.165, 1.54) is 44.2 Å². The summed E-state index contributed by atoms with van der Waals surface area (Å²) in [5.41, 5.74) is 4.65. The first-order valence-electron chi connectivity index (χ1n) is 13.7. The first-order valence-corrected chi connectivity index (χ1v) is 13.7. The summed E-state index contributed by atoms with van der Waals surface area (Å²) in [6, 6.07) is 2.47. The van der Waals surface area contributed by atoms with Gasteiger partial charge in [-0.3, -0.25) is 10.3 Å². The highest BCUT2D eigenvalue weighted by Gasteiger charge is 2.32. The third-order valence-electron chi connectivity index (χ3n) is 7.40. The Kier molecular flexibility index (Phi) is 9.80. The minimum absolute atomic E-state index is 0.435. The lowest BCUT2D eigenvalue weighted by atomic mass is 9.70. The Labute approximate surface area is 205 Å². The maximum Gasteiger partial charge on any atom is 0.320 e. The highest BCUT2D eigenvalue weighted by atomic mass is 16.5. The maximum atomic E-state index is 6.05. The fourth-order valence-electron chi connectivity index (χ4n) is 5.66. The Morgan fingerprint density at radius 1 is 1.09 bits per heavy atom. The number of nitrogens with one attached hydrogen (secondary N) is 1. The summed E-state index contributed by atoms with van der Waals surface area (Å²) in [4.78, 5) is 14.2. The third-order valence-corrected chi connectivity index (χ3v) is 7.40. The summed E-state index contributed by atoms with van der Waals surface area (Å²) >= 11 is 0. The van der Waals surface area contributed by atoms with Gasteiger partial charge in [0.1, 0.15) is 12.4 Å². The van der Waals surface area contributed by atoms with E-state index in [0.29, 0.717) is 18.5 Å². The van der Waals surface area contributed by atoms with Crippen molar-refractivity contribution in [3.63, 3.8) is 0 Å². The number of nitrogens with zero attached hydrogens (tertiary/aromatic N) is 5. The number of ether oxygens (including phenoxy) is 2. The molecule has 0 unspecified atom stereocenters. The number of anilines is 2. The number of hydrazone groups is 1. The number of aromatic nitrogens is 2. The molecule has 0 spiro atoms. The van der Waals surface area contributed by atoms with E-state index in [-0.39, 0.29) is 0 Å². The predicted molar refractivity (Wildman–Crippen MR) is 138 cm³/mol. The summed E-state index contributed by atoms with van der Waals surface area (Å²) in [6.07, 6.45) is 11.2. The normalized spacial score (nSPS) is 24.6. The molecule has 2 aliphatic carbocycles. The van der Waals surface area contributed by atoms with E-state index in [2.05, 4.69) is 34.1 Å². The fraction of sp³-hybridized carbons (Fsp3) is 0.808. The number of rotatable bonds is 11. The molecule has 2 atom stereocenters. The van der Waals surface area contributed by atoms with Crippen LogP contribution < -0.4 is 15.1 Å². The number of morpholine rings is 1. The Bertz CT molecular complexity index is 775. The van der Waals surface area contributed by atoms with Gasteiger partial charge in [-0.15, -0.1) is 0 Å². The Balaban J connectivity index is 1.47. The van der Waals surface area contributed by atoms with Crippen molar-refractivity contribution in [2.24, 2.45) is 16.9 Å². The van der Waals surface area contributed by atoms with Gasteiger partial charge in [-0.1, -0.05) is 26.7 Å². The van der Waals surface area contributed by atoms with Crippen molar-refractivity contribution in [3.05, 3.63) is 6.07 Å². The van der Waals surface area contributed by atoms with Crippen LogP contribution in [-0.2, 0) is 4.74 Å². The molecule has 8 nitrogen and oxygen atoms in total. The van der Waals surface area contributed by atoms with Crippen LogP contribution in [0.1, 0.15) is 71.6 Å². The summed E-state index contributed by atoms with van der Waals surface area (Å²) in [5.74, 6) is 3.13. The molecule has 8 heteroatoms. The second kappa shape index (κ2) is 13.2. The van der Waals surface area contributed by atoms with Gasteiger partial charge in [0.25, 0.3) is 0 Å². The van der Waals surface area contributed by atoms with Crippen LogP contribution in [0.2, 0.25) is 0 Å². The highest BCUT2D eigenvalue weighted by molar-refractivity contribution is 5.88. The van der Waals surface area contributed by atoms with E-state index in [1.807, 2.05) is 6.07 Å². The second-order valence-electron chi connectivity index (χ2n) is 9.94. The lowest BCUT2D eigenvalue weighted by molar-refractivity contribution is 0.0317. The van der Waals surface area contributed by atoms with Gasteiger partial charge in [0, 0.05) is 50.4 Å². The molecular formula is C26H44N6O2. The summed E-state index contributed by atoms with van der Waals surface area (Å²) < 4.78 is 11.5. The second-order valence-corrected chi connectivity index (χ2v) is 9.94. The Morgan fingerprint density at radius 3 is 2.65 bits per heavy atom. The molecule has 1 aliphatic heterocycles. The van der Waals surface area contributed by atoms with Gasteiger partial charge < -0.3 is 14.4 Å². The minimum atomic E-state index is 0.435. The van der Waals surface area contributed by atoms with E-state index < -0.39 is 0 Å². The molecule has 3 fully saturated rings. The van der Waals surface area contributed by atoms with E-state index >= 15 is 0 Å². The fourth-order valence-corrected chi connectivity index (χ4v) is 5.66. The zero-order chi connectivity index (χ0) is 23.6. The molecule has 1 aromatic rings. The average Bonchev–Trinajstić information content (AvgIpc) is 2.88. The topological polar surface area (TPSA) is 75.1 Å². The van der Waals surface area contributed by atoms with Gasteiger partial charge in [-0.2, -0.15) is 15.1 Å². The van der Waals surface area contributed by atoms with Crippen molar-refractivity contribution in [1.29, 1.82) is 0 Å². The van der Waals surface area contributed by atoms with Crippen LogP contribution in [0.4, 0.5) is 11.6 Å².